The maximum Gasteiger partial charge on any atom is 0.137 e. The third-order valence-electron chi connectivity index (χ3n) is 7.89. The molecule has 5 rings (SSSR count). The molecule has 8 heteroatoms. The minimum atomic E-state index is 0.162. The molecular formula is C34H34Cl2N4O2. The van der Waals surface area contributed by atoms with Crippen molar-refractivity contribution in [1.29, 1.82) is 0 Å². The van der Waals surface area contributed by atoms with Gasteiger partial charge in [0.25, 0.3) is 0 Å². The maximum absolute atomic E-state index is 12.4. The van der Waals surface area contributed by atoms with Crippen molar-refractivity contribution in [2.24, 2.45) is 0 Å². The zero-order valence-corrected chi connectivity index (χ0v) is 25.0. The number of rotatable bonds is 12. The quantitative estimate of drug-likeness (QED) is 0.167. The summed E-state index contributed by atoms with van der Waals surface area (Å²) >= 11 is 12.1. The monoisotopic (exact) mass is 600 g/mol. The van der Waals surface area contributed by atoms with Crippen LogP contribution in [0.15, 0.2) is 72.8 Å². The van der Waals surface area contributed by atoms with E-state index in [4.69, 9.17) is 23.2 Å². The minimum absolute atomic E-state index is 0.162. The van der Waals surface area contributed by atoms with Crippen molar-refractivity contribution in [3.8, 4) is 0 Å². The van der Waals surface area contributed by atoms with Gasteiger partial charge in [-0.1, -0.05) is 53.9 Å². The van der Waals surface area contributed by atoms with Gasteiger partial charge in [0.15, 0.2) is 0 Å². The van der Waals surface area contributed by atoms with Crippen LogP contribution in [0.4, 0.5) is 0 Å². The molecule has 0 N–H and O–H groups in total. The molecule has 2 heterocycles. The first kappa shape index (κ1) is 30.0. The third kappa shape index (κ3) is 8.76. The number of carbonyl (C=O) groups excluding carboxylic acids is 2. The molecule has 6 nitrogen and oxygen atoms in total. The van der Waals surface area contributed by atoms with Crippen molar-refractivity contribution in [3.63, 3.8) is 0 Å². The lowest BCUT2D eigenvalue weighted by Crippen LogP contribution is -2.16. The SMILES string of the molecule is O=C(CCc1ccc(C2CCCC(c3ccc(CCC(=O)Cc4cccc(Cl)c4)nn3)C2)nn1)Cc1cccc(Cl)c1. The van der Waals surface area contributed by atoms with E-state index in [0.717, 1.165) is 59.6 Å². The number of aryl methyl sites for hydroxylation is 2. The molecule has 1 fully saturated rings. The van der Waals surface area contributed by atoms with Gasteiger partial charge in [-0.2, -0.15) is 20.4 Å². The Morgan fingerprint density at radius 1 is 0.643 bits per heavy atom. The molecule has 0 amide bonds. The number of aromatic nitrogens is 4. The molecule has 2 atom stereocenters. The highest BCUT2D eigenvalue weighted by Crippen LogP contribution is 2.39. The molecule has 1 saturated carbocycles. The van der Waals surface area contributed by atoms with Crippen molar-refractivity contribution in [2.45, 2.75) is 76.0 Å². The number of ketones is 2. The van der Waals surface area contributed by atoms with Gasteiger partial charge in [-0.3, -0.25) is 9.59 Å². The molecule has 1 aliphatic carbocycles. The fourth-order valence-electron chi connectivity index (χ4n) is 5.63. The average molecular weight is 602 g/mol. The second-order valence-corrected chi connectivity index (χ2v) is 12.0. The van der Waals surface area contributed by atoms with E-state index in [2.05, 4.69) is 32.5 Å². The number of halogens is 2. The van der Waals surface area contributed by atoms with E-state index in [1.165, 1.54) is 0 Å². The van der Waals surface area contributed by atoms with Gasteiger partial charge in [0, 0.05) is 47.6 Å². The topological polar surface area (TPSA) is 85.7 Å². The number of nitrogens with zero attached hydrogens (tertiary/aromatic N) is 4. The Kier molecular flexibility index (Phi) is 10.4. The third-order valence-corrected chi connectivity index (χ3v) is 8.36. The van der Waals surface area contributed by atoms with Gasteiger partial charge in [0.05, 0.1) is 22.8 Å². The minimum Gasteiger partial charge on any atom is -0.299 e. The van der Waals surface area contributed by atoms with Gasteiger partial charge in [0.1, 0.15) is 11.6 Å². The summed E-state index contributed by atoms with van der Waals surface area (Å²) in [4.78, 5) is 24.9. The van der Waals surface area contributed by atoms with Gasteiger partial charge in [-0.05, 0) is 91.8 Å². The van der Waals surface area contributed by atoms with Crippen LogP contribution in [0.3, 0.4) is 0 Å². The summed E-state index contributed by atoms with van der Waals surface area (Å²) in [6.45, 7) is 0. The summed E-state index contributed by atoms with van der Waals surface area (Å²) in [5, 5.41) is 19.2. The standard InChI is InChI=1S/C34H34Cl2N4O2/c35-27-8-1-4-23(18-27)20-31(41)14-10-29-12-16-33(39-37-29)25-6-3-7-26(22-25)34-17-13-30(38-40-34)11-15-32(42)21-24-5-2-9-28(36)19-24/h1-2,4-5,8-9,12-13,16-19,25-26H,3,6-7,10-11,14-15,20-22H2. The van der Waals surface area contributed by atoms with Crippen LogP contribution in [-0.2, 0) is 35.3 Å². The maximum atomic E-state index is 12.4. The molecule has 42 heavy (non-hydrogen) atoms. The van der Waals surface area contributed by atoms with Crippen LogP contribution in [0.25, 0.3) is 0 Å². The molecule has 1 aliphatic rings. The van der Waals surface area contributed by atoms with Gasteiger partial charge < -0.3 is 0 Å². The first-order valence-electron chi connectivity index (χ1n) is 14.6. The summed E-state index contributed by atoms with van der Waals surface area (Å²) in [5.74, 6) is 0.963. The van der Waals surface area contributed by atoms with E-state index in [-0.39, 0.29) is 11.6 Å². The Labute approximate surface area is 256 Å². The second kappa shape index (κ2) is 14.6. The molecule has 0 saturated heterocycles. The zero-order valence-electron chi connectivity index (χ0n) is 23.5. The number of hydrogen-bond acceptors (Lipinski definition) is 6. The lowest BCUT2D eigenvalue weighted by atomic mass is 9.78. The fraction of sp³-hybridized carbons (Fsp3) is 0.353. The summed E-state index contributed by atoms with van der Waals surface area (Å²) in [5.41, 5.74) is 5.52. The molecule has 2 unspecified atom stereocenters. The van der Waals surface area contributed by atoms with Gasteiger partial charge in [-0.15, -0.1) is 0 Å². The van der Waals surface area contributed by atoms with Crippen LogP contribution in [0.2, 0.25) is 10.0 Å². The van der Waals surface area contributed by atoms with Crippen molar-refractivity contribution >= 4 is 34.8 Å². The van der Waals surface area contributed by atoms with Crippen LogP contribution in [0.1, 0.15) is 84.3 Å². The number of benzene rings is 2. The zero-order chi connectivity index (χ0) is 29.3. The molecule has 2 aromatic heterocycles. The Balaban J connectivity index is 1.09. The van der Waals surface area contributed by atoms with E-state index >= 15 is 0 Å². The summed E-state index contributed by atoms with van der Waals surface area (Å²) in [7, 11) is 0. The van der Waals surface area contributed by atoms with E-state index in [9.17, 15) is 9.59 Å². The molecule has 0 spiro atoms. The van der Waals surface area contributed by atoms with Crippen molar-refractivity contribution in [2.75, 3.05) is 0 Å². The lowest BCUT2D eigenvalue weighted by molar-refractivity contribution is -0.119. The molecule has 2 aromatic carbocycles. The highest BCUT2D eigenvalue weighted by Gasteiger charge is 2.26. The molecule has 0 radical (unpaired) electrons. The summed E-state index contributed by atoms with van der Waals surface area (Å²) in [6.07, 6.45) is 6.96. The Morgan fingerprint density at radius 2 is 1.12 bits per heavy atom. The van der Waals surface area contributed by atoms with E-state index < -0.39 is 0 Å². The number of carbonyl (C=O) groups is 2. The average Bonchev–Trinajstić information content (AvgIpc) is 3.00. The predicted octanol–water partition coefficient (Wildman–Crippen LogP) is 7.50. The van der Waals surface area contributed by atoms with Crippen molar-refractivity contribution in [3.05, 3.63) is 117 Å². The van der Waals surface area contributed by atoms with Crippen LogP contribution < -0.4 is 0 Å². The van der Waals surface area contributed by atoms with E-state index in [1.54, 1.807) is 0 Å². The smallest absolute Gasteiger partial charge is 0.137 e. The van der Waals surface area contributed by atoms with Crippen LogP contribution in [0, 0.1) is 0 Å². The molecule has 4 aromatic rings. The van der Waals surface area contributed by atoms with Gasteiger partial charge in [0.2, 0.25) is 0 Å². The van der Waals surface area contributed by atoms with Crippen LogP contribution in [-0.4, -0.2) is 32.0 Å². The summed E-state index contributed by atoms with van der Waals surface area (Å²) < 4.78 is 0. The van der Waals surface area contributed by atoms with E-state index in [1.807, 2.05) is 60.7 Å². The fourth-order valence-corrected chi connectivity index (χ4v) is 6.06. The largest absolute Gasteiger partial charge is 0.299 e. The number of hydrogen-bond donors (Lipinski definition) is 0. The highest BCUT2D eigenvalue weighted by molar-refractivity contribution is 6.30. The molecule has 216 valence electrons. The summed E-state index contributed by atoms with van der Waals surface area (Å²) in [6, 6.07) is 23.0. The second-order valence-electron chi connectivity index (χ2n) is 11.2. The van der Waals surface area contributed by atoms with E-state index in [0.29, 0.717) is 60.4 Å². The van der Waals surface area contributed by atoms with Crippen molar-refractivity contribution in [1.82, 2.24) is 20.4 Å². The first-order valence-corrected chi connectivity index (χ1v) is 15.3. The highest BCUT2D eigenvalue weighted by atomic mass is 35.5. The van der Waals surface area contributed by atoms with Crippen LogP contribution >= 0.6 is 23.2 Å². The lowest BCUT2D eigenvalue weighted by Gasteiger charge is -2.28. The Morgan fingerprint density at radius 3 is 1.52 bits per heavy atom. The van der Waals surface area contributed by atoms with Gasteiger partial charge >= 0.3 is 0 Å². The Hall–Kier alpha value is -3.48. The number of Topliss-reactive ketones (excluding diaryl/α,β-unsaturated/α-hetero) is 2. The van der Waals surface area contributed by atoms with Crippen molar-refractivity contribution < 1.29 is 9.59 Å². The first-order chi connectivity index (χ1) is 20.4. The molecule has 0 aliphatic heterocycles. The normalized spacial score (nSPS) is 16.7. The molecular weight excluding hydrogens is 567 g/mol. The Bertz CT molecular complexity index is 1400. The molecule has 0 bridgehead atoms. The van der Waals surface area contributed by atoms with Gasteiger partial charge in [-0.25, -0.2) is 0 Å². The predicted molar refractivity (Wildman–Crippen MR) is 165 cm³/mol. The van der Waals surface area contributed by atoms with Crippen LogP contribution in [0.5, 0.6) is 0 Å².